The van der Waals surface area contributed by atoms with E-state index in [4.69, 9.17) is 4.74 Å². The van der Waals surface area contributed by atoms with E-state index < -0.39 is 44.8 Å². The molecule has 2 aromatic carbocycles. The molecule has 0 aliphatic carbocycles. The van der Waals surface area contributed by atoms with E-state index in [1.165, 1.54) is 6.92 Å². The lowest BCUT2D eigenvalue weighted by Crippen LogP contribution is -2.43. The van der Waals surface area contributed by atoms with Gasteiger partial charge in [0.1, 0.15) is 0 Å². The lowest BCUT2D eigenvalue weighted by Gasteiger charge is -2.21. The van der Waals surface area contributed by atoms with Gasteiger partial charge in [0.2, 0.25) is 10.0 Å². The molecule has 0 saturated heterocycles. The molecule has 0 unspecified atom stereocenters. The largest absolute Gasteiger partial charge is 0.416 e. The van der Waals surface area contributed by atoms with Crippen molar-refractivity contribution in [2.24, 2.45) is 0 Å². The molecule has 12 nitrogen and oxygen atoms in total. The van der Waals surface area contributed by atoms with E-state index in [2.05, 4.69) is 15.0 Å². The first-order valence-electron chi connectivity index (χ1n) is 11.2. The number of H-pyrrole nitrogens is 3. The SMILES string of the molecule is CC(C)O[C@H](C)c1cc2c(=O)n(NS(C)(=O)=O)c(=O)[nH]c2cc1C(F)(F)F.O=c1[nH]c(=O)c2ccccc2[nH]1. The third kappa shape index (κ3) is 7.02. The van der Waals surface area contributed by atoms with Crippen LogP contribution < -0.4 is 27.3 Å². The highest BCUT2D eigenvalue weighted by Crippen LogP contribution is 2.37. The Hall–Kier alpha value is -4.18. The molecule has 16 heteroatoms. The van der Waals surface area contributed by atoms with Crippen LogP contribution in [0.5, 0.6) is 0 Å². The number of halogens is 3. The zero-order valence-corrected chi connectivity index (χ0v) is 21.8. The van der Waals surface area contributed by atoms with Crippen molar-refractivity contribution in [3.05, 3.63) is 89.2 Å². The quantitative estimate of drug-likeness (QED) is 0.283. The highest BCUT2D eigenvalue weighted by Gasteiger charge is 2.36. The maximum absolute atomic E-state index is 13.5. The molecular weight excluding hydrogens is 547 g/mol. The van der Waals surface area contributed by atoms with Crippen LogP contribution in [-0.2, 0) is 20.9 Å². The van der Waals surface area contributed by atoms with Crippen molar-refractivity contribution in [2.45, 2.75) is 39.2 Å². The van der Waals surface area contributed by atoms with Crippen molar-refractivity contribution in [3.8, 4) is 0 Å². The summed E-state index contributed by atoms with van der Waals surface area (Å²) in [6.45, 7) is 4.69. The molecule has 4 N–H and O–H groups in total. The predicted molar refractivity (Wildman–Crippen MR) is 138 cm³/mol. The second-order valence-corrected chi connectivity index (χ2v) is 10.4. The fourth-order valence-electron chi connectivity index (χ4n) is 3.71. The van der Waals surface area contributed by atoms with Crippen molar-refractivity contribution in [1.29, 1.82) is 0 Å². The minimum Gasteiger partial charge on any atom is -0.371 e. The lowest BCUT2D eigenvalue weighted by atomic mass is 10.00. The number of aromatic amines is 3. The average molecular weight is 572 g/mol. The van der Waals surface area contributed by atoms with Crippen LogP contribution in [0.25, 0.3) is 21.8 Å². The van der Waals surface area contributed by atoms with Crippen molar-refractivity contribution in [1.82, 2.24) is 19.6 Å². The molecule has 0 aliphatic rings. The van der Waals surface area contributed by atoms with E-state index in [9.17, 15) is 40.8 Å². The summed E-state index contributed by atoms with van der Waals surface area (Å²) in [7, 11) is -3.98. The van der Waals surface area contributed by atoms with Crippen LogP contribution in [0.3, 0.4) is 0 Å². The van der Waals surface area contributed by atoms with Crippen molar-refractivity contribution in [2.75, 3.05) is 11.1 Å². The van der Waals surface area contributed by atoms with Crippen LogP contribution in [-0.4, -0.2) is 40.4 Å². The molecule has 0 aliphatic heterocycles. The molecule has 4 rings (SSSR count). The Morgan fingerprint density at radius 1 is 0.923 bits per heavy atom. The zero-order valence-electron chi connectivity index (χ0n) is 21.0. The van der Waals surface area contributed by atoms with E-state index in [0.29, 0.717) is 17.0 Å². The fourth-order valence-corrected chi connectivity index (χ4v) is 4.20. The smallest absolute Gasteiger partial charge is 0.371 e. The van der Waals surface area contributed by atoms with Crippen molar-refractivity contribution < 1.29 is 26.3 Å². The van der Waals surface area contributed by atoms with Crippen LogP contribution in [0.1, 0.15) is 38.0 Å². The summed E-state index contributed by atoms with van der Waals surface area (Å²) >= 11 is 0. The highest BCUT2D eigenvalue weighted by molar-refractivity contribution is 7.91. The van der Waals surface area contributed by atoms with Gasteiger partial charge in [-0.25, -0.2) is 22.8 Å². The second-order valence-electron chi connectivity index (χ2n) is 8.70. The Morgan fingerprint density at radius 3 is 2.15 bits per heavy atom. The van der Waals surface area contributed by atoms with E-state index in [1.807, 2.05) is 0 Å². The van der Waals surface area contributed by atoms with Gasteiger partial charge in [0.25, 0.3) is 11.1 Å². The van der Waals surface area contributed by atoms with Gasteiger partial charge in [0.05, 0.1) is 45.8 Å². The van der Waals surface area contributed by atoms with Gasteiger partial charge in [-0.15, -0.1) is 0 Å². The van der Waals surface area contributed by atoms with Gasteiger partial charge in [0.15, 0.2) is 0 Å². The molecule has 1 atom stereocenters. The molecule has 0 spiro atoms. The fraction of sp³-hybridized carbons (Fsp3) is 0.304. The topological polar surface area (TPSA) is 176 Å². The molecule has 210 valence electrons. The number of hydrogen-bond donors (Lipinski definition) is 4. The highest BCUT2D eigenvalue weighted by atomic mass is 32.2. The maximum Gasteiger partial charge on any atom is 0.416 e. The molecule has 0 bridgehead atoms. The Morgan fingerprint density at radius 2 is 1.56 bits per heavy atom. The monoisotopic (exact) mass is 571 g/mol. The number of para-hydroxylation sites is 1. The normalized spacial score (nSPS) is 12.8. The summed E-state index contributed by atoms with van der Waals surface area (Å²) in [6, 6.07) is 8.44. The number of benzene rings is 2. The number of aromatic nitrogens is 4. The molecule has 4 aromatic rings. The Kier molecular flexibility index (Phi) is 8.21. The Labute approximate surface area is 217 Å². The second kappa shape index (κ2) is 10.9. The lowest BCUT2D eigenvalue weighted by molar-refractivity contribution is -0.139. The number of alkyl halides is 3. The minimum atomic E-state index is -4.76. The van der Waals surface area contributed by atoms with Gasteiger partial charge < -0.3 is 14.7 Å². The van der Waals surface area contributed by atoms with Crippen LogP contribution in [0.15, 0.2) is 55.6 Å². The minimum absolute atomic E-state index is 0.183. The van der Waals surface area contributed by atoms with Crippen LogP contribution in [0, 0.1) is 0 Å². The van der Waals surface area contributed by atoms with Crippen LogP contribution >= 0.6 is 0 Å². The number of rotatable bonds is 5. The van der Waals surface area contributed by atoms with Gasteiger partial charge in [-0.05, 0) is 50.6 Å². The molecule has 0 fully saturated rings. The third-order valence-corrected chi connectivity index (χ3v) is 5.71. The number of nitrogens with zero attached hydrogens (tertiary/aromatic N) is 1. The summed E-state index contributed by atoms with van der Waals surface area (Å²) in [5.41, 5.74) is -4.33. The first-order valence-corrected chi connectivity index (χ1v) is 13.1. The van der Waals surface area contributed by atoms with Gasteiger partial charge >= 0.3 is 17.6 Å². The number of nitrogens with one attached hydrogen (secondary N) is 4. The number of ether oxygens (including phenoxy) is 1. The molecule has 0 saturated carbocycles. The standard InChI is InChI=1S/C15H18F3N3O5S.C8H6N2O2/c1-7(2)26-8(3)9-5-10-12(6-11(9)15(16,17)18)19-14(23)21(13(10)22)20-27(4,24)25;11-7-5-3-1-2-4-6(5)9-8(12)10-7/h5-8,20H,1-4H3,(H,19,23);1-4H,(H2,9,10,11,12)/t8-;/m1./s1. The summed E-state index contributed by atoms with van der Waals surface area (Å²) in [6.07, 6.45) is -5.42. The van der Waals surface area contributed by atoms with Gasteiger partial charge in [0, 0.05) is 0 Å². The summed E-state index contributed by atoms with van der Waals surface area (Å²) in [5, 5.41) is 0.199. The first kappa shape index (κ1) is 29.4. The van der Waals surface area contributed by atoms with E-state index >= 15 is 0 Å². The Balaban J connectivity index is 0.000000289. The summed E-state index contributed by atoms with van der Waals surface area (Å²) in [4.78, 5) is 54.8. The van der Waals surface area contributed by atoms with Gasteiger partial charge in [-0.2, -0.15) is 17.8 Å². The third-order valence-electron chi connectivity index (χ3n) is 5.19. The maximum atomic E-state index is 13.5. The van der Waals surface area contributed by atoms with E-state index in [0.717, 1.165) is 12.3 Å². The Bertz CT molecular complexity index is 1870. The summed E-state index contributed by atoms with van der Waals surface area (Å²) < 4.78 is 68.6. The average Bonchev–Trinajstić information content (AvgIpc) is 2.80. The molecule has 2 heterocycles. The molecule has 39 heavy (non-hydrogen) atoms. The summed E-state index contributed by atoms with van der Waals surface area (Å²) in [5.74, 6) is 0. The number of sulfonamides is 1. The molecule has 2 aromatic heterocycles. The zero-order chi connectivity index (χ0) is 29.3. The van der Waals surface area contributed by atoms with E-state index in [1.54, 1.807) is 42.9 Å². The number of hydrogen-bond acceptors (Lipinski definition) is 7. The number of fused-ring (bicyclic) bond motifs is 2. The van der Waals surface area contributed by atoms with Gasteiger partial charge in [-0.3, -0.25) is 14.6 Å². The first-order chi connectivity index (χ1) is 18.0. The predicted octanol–water partition coefficient (Wildman–Crippen LogP) is 1.91. The molecule has 0 amide bonds. The van der Waals surface area contributed by atoms with Crippen molar-refractivity contribution >= 4 is 31.8 Å². The van der Waals surface area contributed by atoms with Crippen LogP contribution in [0.2, 0.25) is 0 Å². The van der Waals surface area contributed by atoms with Crippen LogP contribution in [0.4, 0.5) is 13.2 Å². The van der Waals surface area contributed by atoms with E-state index in [-0.39, 0.29) is 32.8 Å². The van der Waals surface area contributed by atoms with Gasteiger partial charge in [-0.1, -0.05) is 12.1 Å². The molecule has 0 radical (unpaired) electrons. The molecular formula is C23H24F3N5O7S. The van der Waals surface area contributed by atoms with Crippen molar-refractivity contribution in [3.63, 3.8) is 0 Å².